The molecule has 0 aliphatic rings. The molecule has 5 heteroatoms. The molecule has 3 nitrogen and oxygen atoms in total. The first-order valence-electron chi connectivity index (χ1n) is 6.79. The molecule has 0 spiro atoms. The summed E-state index contributed by atoms with van der Waals surface area (Å²) < 4.78 is 15.2. The van der Waals surface area contributed by atoms with E-state index in [4.69, 9.17) is 11.6 Å². The minimum absolute atomic E-state index is 0.00852. The Hall–Kier alpha value is -1.94. The van der Waals surface area contributed by atoms with Crippen LogP contribution in [-0.4, -0.2) is 14.5 Å². The van der Waals surface area contributed by atoms with Crippen LogP contribution in [0.5, 0.6) is 0 Å². The zero-order valence-corrected chi connectivity index (χ0v) is 12.5. The fraction of sp³-hybridized carbons (Fsp3) is 0.250. The van der Waals surface area contributed by atoms with Crippen LogP contribution < -0.4 is 0 Å². The van der Waals surface area contributed by atoms with Gasteiger partial charge < -0.3 is 4.57 Å². The van der Waals surface area contributed by atoms with Gasteiger partial charge in [0.2, 0.25) is 0 Å². The molecule has 0 aliphatic carbocycles. The van der Waals surface area contributed by atoms with E-state index in [1.54, 1.807) is 24.5 Å². The molecular formula is C16H15ClFN3. The van der Waals surface area contributed by atoms with E-state index in [-0.39, 0.29) is 17.2 Å². The van der Waals surface area contributed by atoms with Gasteiger partial charge in [0.15, 0.2) is 0 Å². The molecule has 0 fully saturated rings. The van der Waals surface area contributed by atoms with Crippen molar-refractivity contribution in [2.24, 2.45) is 0 Å². The summed E-state index contributed by atoms with van der Waals surface area (Å²) in [7, 11) is 0. The summed E-state index contributed by atoms with van der Waals surface area (Å²) in [5.74, 6) is 0.549. The van der Waals surface area contributed by atoms with Gasteiger partial charge in [0.25, 0.3) is 0 Å². The fourth-order valence-corrected chi connectivity index (χ4v) is 2.70. The van der Waals surface area contributed by atoms with Gasteiger partial charge in [-0.25, -0.2) is 9.37 Å². The molecule has 1 aromatic carbocycles. The smallest absolute Gasteiger partial charge is 0.128 e. The van der Waals surface area contributed by atoms with Crippen molar-refractivity contribution in [1.82, 2.24) is 14.5 Å². The van der Waals surface area contributed by atoms with Gasteiger partial charge in [-0.2, -0.15) is 0 Å². The number of imidazole rings is 1. The van der Waals surface area contributed by atoms with E-state index in [0.29, 0.717) is 0 Å². The molecular weight excluding hydrogens is 289 g/mol. The van der Waals surface area contributed by atoms with Crippen molar-refractivity contribution in [3.8, 4) is 0 Å². The van der Waals surface area contributed by atoms with Crippen LogP contribution in [0.2, 0.25) is 0 Å². The van der Waals surface area contributed by atoms with Gasteiger partial charge in [-0.3, -0.25) is 4.98 Å². The lowest BCUT2D eigenvalue weighted by atomic mass is 10.1. The van der Waals surface area contributed by atoms with Crippen molar-refractivity contribution in [3.63, 3.8) is 0 Å². The Labute approximate surface area is 127 Å². The first kappa shape index (κ1) is 14.0. The third-order valence-electron chi connectivity index (χ3n) is 3.61. The number of halogens is 2. The Bertz CT molecular complexity index is 765. The highest BCUT2D eigenvalue weighted by Gasteiger charge is 2.20. The summed E-state index contributed by atoms with van der Waals surface area (Å²) in [6.07, 6.45) is 3.46. The van der Waals surface area contributed by atoms with E-state index < -0.39 is 0 Å². The highest BCUT2D eigenvalue weighted by molar-refractivity contribution is 6.20. The minimum atomic E-state index is -0.239. The summed E-state index contributed by atoms with van der Waals surface area (Å²) in [6.45, 7) is 3.95. The summed E-state index contributed by atoms with van der Waals surface area (Å²) in [4.78, 5) is 8.67. The molecule has 2 atom stereocenters. The molecule has 108 valence electrons. The van der Waals surface area contributed by atoms with Crippen molar-refractivity contribution >= 4 is 22.6 Å². The zero-order chi connectivity index (χ0) is 15.0. The molecule has 3 rings (SSSR count). The van der Waals surface area contributed by atoms with Gasteiger partial charge in [-0.1, -0.05) is 12.1 Å². The van der Waals surface area contributed by atoms with E-state index in [2.05, 4.69) is 21.5 Å². The van der Waals surface area contributed by atoms with Crippen molar-refractivity contribution in [1.29, 1.82) is 0 Å². The molecule has 0 amide bonds. The van der Waals surface area contributed by atoms with Gasteiger partial charge >= 0.3 is 0 Å². The predicted octanol–water partition coefficient (Wildman–Crippen LogP) is 4.48. The number of fused-ring (bicyclic) bond motifs is 1. The molecule has 2 unspecified atom stereocenters. The zero-order valence-electron chi connectivity index (χ0n) is 11.8. The van der Waals surface area contributed by atoms with E-state index in [9.17, 15) is 4.39 Å². The summed E-state index contributed by atoms with van der Waals surface area (Å²) in [5, 5.41) is -0.222. The van der Waals surface area contributed by atoms with Crippen LogP contribution in [0.25, 0.3) is 11.0 Å². The Morgan fingerprint density at radius 3 is 2.52 bits per heavy atom. The quantitative estimate of drug-likeness (QED) is 0.668. The Morgan fingerprint density at radius 2 is 1.86 bits per heavy atom. The molecule has 2 aromatic heterocycles. The highest BCUT2D eigenvalue weighted by atomic mass is 35.5. The van der Waals surface area contributed by atoms with Crippen LogP contribution in [0.15, 0.2) is 42.7 Å². The maximum absolute atomic E-state index is 13.1. The average Bonchev–Trinajstić information content (AvgIpc) is 2.87. The largest absolute Gasteiger partial charge is 0.319 e. The van der Waals surface area contributed by atoms with E-state index in [1.165, 1.54) is 12.1 Å². The summed E-state index contributed by atoms with van der Waals surface area (Å²) in [5.41, 5.74) is 2.80. The van der Waals surface area contributed by atoms with Crippen molar-refractivity contribution in [2.45, 2.75) is 25.3 Å². The lowest BCUT2D eigenvalue weighted by Crippen LogP contribution is -2.11. The molecule has 0 bridgehead atoms. The SMILES string of the molecule is CC(Cl)c1nc2cnccc2n1C(C)c1ccc(F)cc1. The predicted molar refractivity (Wildman–Crippen MR) is 82.0 cm³/mol. The molecule has 0 saturated heterocycles. The summed E-state index contributed by atoms with van der Waals surface area (Å²) in [6, 6.07) is 8.44. The number of aromatic nitrogens is 3. The number of alkyl halides is 1. The number of hydrogen-bond donors (Lipinski definition) is 0. The molecule has 0 N–H and O–H groups in total. The highest BCUT2D eigenvalue weighted by Crippen LogP contribution is 2.30. The monoisotopic (exact) mass is 303 g/mol. The number of pyridine rings is 1. The number of hydrogen-bond acceptors (Lipinski definition) is 2. The number of nitrogens with zero attached hydrogens (tertiary/aromatic N) is 3. The fourth-order valence-electron chi connectivity index (χ4n) is 2.55. The Kier molecular flexibility index (Phi) is 3.64. The maximum atomic E-state index is 13.1. The lowest BCUT2D eigenvalue weighted by Gasteiger charge is -2.19. The second kappa shape index (κ2) is 5.45. The van der Waals surface area contributed by atoms with E-state index in [1.807, 2.05) is 13.0 Å². The second-order valence-electron chi connectivity index (χ2n) is 5.05. The third kappa shape index (κ3) is 2.51. The number of rotatable bonds is 3. The van der Waals surface area contributed by atoms with Crippen molar-refractivity contribution in [2.75, 3.05) is 0 Å². The topological polar surface area (TPSA) is 30.7 Å². The normalized spacial score (nSPS) is 14.3. The molecule has 0 aliphatic heterocycles. The number of benzene rings is 1. The molecule has 0 saturated carbocycles. The van der Waals surface area contributed by atoms with Gasteiger partial charge in [-0.05, 0) is 37.6 Å². The van der Waals surface area contributed by atoms with Crippen LogP contribution >= 0.6 is 11.6 Å². The second-order valence-corrected chi connectivity index (χ2v) is 5.70. The van der Waals surface area contributed by atoms with E-state index >= 15 is 0 Å². The summed E-state index contributed by atoms with van der Waals surface area (Å²) >= 11 is 6.27. The molecule has 2 heterocycles. The van der Waals surface area contributed by atoms with Gasteiger partial charge in [-0.15, -0.1) is 11.6 Å². The van der Waals surface area contributed by atoms with Crippen LogP contribution in [0.1, 0.15) is 36.7 Å². The lowest BCUT2D eigenvalue weighted by molar-refractivity contribution is 0.607. The van der Waals surface area contributed by atoms with Crippen molar-refractivity contribution in [3.05, 3.63) is 59.9 Å². The minimum Gasteiger partial charge on any atom is -0.319 e. The van der Waals surface area contributed by atoms with Gasteiger partial charge in [0.1, 0.15) is 17.2 Å². The van der Waals surface area contributed by atoms with Crippen LogP contribution in [-0.2, 0) is 0 Å². The average molecular weight is 304 g/mol. The van der Waals surface area contributed by atoms with Gasteiger partial charge in [0, 0.05) is 6.20 Å². The van der Waals surface area contributed by atoms with Crippen LogP contribution in [0.4, 0.5) is 4.39 Å². The first-order chi connectivity index (χ1) is 10.1. The maximum Gasteiger partial charge on any atom is 0.128 e. The van der Waals surface area contributed by atoms with Gasteiger partial charge in [0.05, 0.1) is 23.1 Å². The Balaban J connectivity index is 2.17. The first-order valence-corrected chi connectivity index (χ1v) is 7.23. The van der Waals surface area contributed by atoms with Crippen LogP contribution in [0.3, 0.4) is 0 Å². The van der Waals surface area contributed by atoms with E-state index in [0.717, 1.165) is 22.4 Å². The molecule has 21 heavy (non-hydrogen) atoms. The molecule has 3 aromatic rings. The third-order valence-corrected chi connectivity index (χ3v) is 3.81. The standard InChI is InChI=1S/C16H15ClFN3/c1-10(17)16-20-14-9-19-8-7-15(14)21(16)11(2)12-3-5-13(18)6-4-12/h3-11H,1-2H3. The molecule has 0 radical (unpaired) electrons. The van der Waals surface area contributed by atoms with Crippen molar-refractivity contribution < 1.29 is 4.39 Å². The Morgan fingerprint density at radius 1 is 1.14 bits per heavy atom. The van der Waals surface area contributed by atoms with Crippen LogP contribution in [0, 0.1) is 5.82 Å².